The van der Waals surface area contributed by atoms with Crippen molar-refractivity contribution in [3.63, 3.8) is 0 Å². The van der Waals surface area contributed by atoms with Crippen LogP contribution in [0.15, 0.2) is 85.7 Å². The lowest BCUT2D eigenvalue weighted by Crippen LogP contribution is -2.09. The molecule has 1 amide bonds. The Morgan fingerprint density at radius 3 is 2.58 bits per heavy atom. The molecule has 0 aliphatic rings. The van der Waals surface area contributed by atoms with Gasteiger partial charge in [0.1, 0.15) is 23.5 Å². The Kier molecular flexibility index (Phi) is 5.92. The monoisotopic (exact) mass is 476 g/mol. The lowest BCUT2D eigenvalue weighted by molar-refractivity contribution is -0.111. The smallest absolute Gasteiger partial charge is 0.247 e. The molecule has 178 valence electrons. The van der Waals surface area contributed by atoms with Gasteiger partial charge in [-0.1, -0.05) is 43.0 Å². The predicted octanol–water partition coefficient (Wildman–Crippen LogP) is 5.50. The predicted molar refractivity (Wildman–Crippen MR) is 142 cm³/mol. The number of ether oxygens (including phenoxy) is 1. The van der Waals surface area contributed by atoms with E-state index < -0.39 is 0 Å². The summed E-state index contributed by atoms with van der Waals surface area (Å²) in [6.07, 6.45) is 2.69. The number of anilines is 2. The minimum atomic E-state index is -0.298. The van der Waals surface area contributed by atoms with E-state index in [-0.39, 0.29) is 5.91 Å². The minimum absolute atomic E-state index is 0.298. The second-order valence-electron chi connectivity index (χ2n) is 8.22. The number of hydrogen-bond acceptors (Lipinski definition) is 6. The van der Waals surface area contributed by atoms with Crippen molar-refractivity contribution in [3.05, 3.63) is 91.4 Å². The second-order valence-corrected chi connectivity index (χ2v) is 8.22. The maximum Gasteiger partial charge on any atom is 0.247 e. The SMILES string of the molecule is C=CC(=O)Nc1ccccc1-c1c(-c2ccc(Oc3cccc(C)n3)cc2)c2c(N)ncnc2n1C. The Hall–Kier alpha value is -4.98. The van der Waals surface area contributed by atoms with E-state index in [9.17, 15) is 4.79 Å². The highest BCUT2D eigenvalue weighted by Gasteiger charge is 2.23. The number of para-hydroxylation sites is 1. The van der Waals surface area contributed by atoms with E-state index in [0.717, 1.165) is 33.5 Å². The fraction of sp³-hybridized carbons (Fsp3) is 0.0714. The number of benzene rings is 2. The van der Waals surface area contributed by atoms with Gasteiger partial charge in [0.2, 0.25) is 11.8 Å². The quantitative estimate of drug-likeness (QED) is 0.313. The number of carbonyl (C=O) groups is 1. The van der Waals surface area contributed by atoms with Crippen molar-refractivity contribution in [2.75, 3.05) is 11.1 Å². The van der Waals surface area contributed by atoms with Gasteiger partial charge >= 0.3 is 0 Å². The molecule has 3 aromatic heterocycles. The van der Waals surface area contributed by atoms with Crippen LogP contribution in [0.1, 0.15) is 5.69 Å². The number of amides is 1. The maximum absolute atomic E-state index is 12.1. The average Bonchev–Trinajstić information content (AvgIpc) is 3.18. The molecule has 3 N–H and O–H groups in total. The van der Waals surface area contributed by atoms with Crippen molar-refractivity contribution in [1.29, 1.82) is 0 Å². The molecule has 0 atom stereocenters. The lowest BCUT2D eigenvalue weighted by Gasteiger charge is -2.14. The largest absolute Gasteiger partial charge is 0.439 e. The number of nitrogen functional groups attached to an aromatic ring is 1. The fourth-order valence-corrected chi connectivity index (χ4v) is 4.24. The molecule has 0 aliphatic carbocycles. The van der Waals surface area contributed by atoms with E-state index in [0.29, 0.717) is 28.8 Å². The Balaban J connectivity index is 1.67. The van der Waals surface area contributed by atoms with Gasteiger partial charge in [-0.05, 0) is 42.8 Å². The summed E-state index contributed by atoms with van der Waals surface area (Å²) in [4.78, 5) is 25.3. The minimum Gasteiger partial charge on any atom is -0.439 e. The molecule has 2 aromatic carbocycles. The number of hydrogen-bond donors (Lipinski definition) is 2. The molecule has 8 nitrogen and oxygen atoms in total. The third-order valence-corrected chi connectivity index (χ3v) is 5.85. The summed E-state index contributed by atoms with van der Waals surface area (Å²) in [5.41, 5.74) is 12.0. The van der Waals surface area contributed by atoms with Crippen LogP contribution in [0.25, 0.3) is 33.4 Å². The molecule has 5 aromatic rings. The molecule has 0 saturated heterocycles. The third-order valence-electron chi connectivity index (χ3n) is 5.85. The molecule has 0 unspecified atom stereocenters. The van der Waals surface area contributed by atoms with E-state index in [4.69, 9.17) is 10.5 Å². The van der Waals surface area contributed by atoms with Gasteiger partial charge in [-0.15, -0.1) is 0 Å². The number of nitrogens with two attached hydrogens (primary N) is 1. The first-order valence-electron chi connectivity index (χ1n) is 11.3. The number of aromatic nitrogens is 4. The molecule has 0 saturated carbocycles. The third kappa shape index (κ3) is 4.16. The van der Waals surface area contributed by atoms with Gasteiger partial charge < -0.3 is 20.4 Å². The van der Waals surface area contributed by atoms with E-state index in [1.807, 2.05) is 85.3 Å². The van der Waals surface area contributed by atoms with Crippen molar-refractivity contribution >= 4 is 28.4 Å². The summed E-state index contributed by atoms with van der Waals surface area (Å²) in [5.74, 6) is 1.25. The molecule has 3 heterocycles. The molecule has 36 heavy (non-hydrogen) atoms. The summed E-state index contributed by atoms with van der Waals surface area (Å²) >= 11 is 0. The topological polar surface area (TPSA) is 108 Å². The van der Waals surface area contributed by atoms with Crippen LogP contribution in [0, 0.1) is 6.92 Å². The first kappa shape index (κ1) is 22.8. The van der Waals surface area contributed by atoms with Gasteiger partial charge in [0.15, 0.2) is 0 Å². The summed E-state index contributed by atoms with van der Waals surface area (Å²) in [6, 6.07) is 20.9. The fourth-order valence-electron chi connectivity index (χ4n) is 4.24. The second kappa shape index (κ2) is 9.34. The number of aryl methyl sites for hydroxylation is 2. The number of nitrogens with zero attached hydrogens (tertiary/aromatic N) is 4. The molecule has 0 radical (unpaired) electrons. The Morgan fingerprint density at radius 2 is 1.83 bits per heavy atom. The number of rotatable bonds is 6. The molecule has 8 heteroatoms. The lowest BCUT2D eigenvalue weighted by atomic mass is 9.97. The van der Waals surface area contributed by atoms with E-state index in [1.165, 1.54) is 12.4 Å². The number of nitrogens with one attached hydrogen (secondary N) is 1. The summed E-state index contributed by atoms with van der Waals surface area (Å²) in [5, 5.41) is 3.63. The van der Waals surface area contributed by atoms with Gasteiger partial charge in [-0.3, -0.25) is 4.79 Å². The van der Waals surface area contributed by atoms with Crippen molar-refractivity contribution in [1.82, 2.24) is 19.5 Å². The zero-order valence-corrected chi connectivity index (χ0v) is 19.9. The Morgan fingerprint density at radius 1 is 1.06 bits per heavy atom. The first-order chi connectivity index (χ1) is 17.5. The van der Waals surface area contributed by atoms with E-state index in [2.05, 4.69) is 26.8 Å². The van der Waals surface area contributed by atoms with Crippen LogP contribution in [0.4, 0.5) is 11.5 Å². The molecule has 5 rings (SSSR count). The Labute approximate surface area is 208 Å². The highest BCUT2D eigenvalue weighted by Crippen LogP contribution is 2.44. The first-order valence-corrected chi connectivity index (χ1v) is 11.3. The van der Waals surface area contributed by atoms with Gasteiger partial charge in [0.25, 0.3) is 0 Å². The summed E-state index contributed by atoms with van der Waals surface area (Å²) in [7, 11) is 1.92. The maximum atomic E-state index is 12.1. The van der Waals surface area contributed by atoms with Gasteiger partial charge in [-0.25, -0.2) is 15.0 Å². The zero-order chi connectivity index (χ0) is 25.2. The van der Waals surface area contributed by atoms with Crippen LogP contribution in [0.2, 0.25) is 0 Å². The Bertz CT molecular complexity index is 1610. The standard InChI is InChI=1S/C28H24N6O2/c1-4-22(35)33-21-10-6-5-9-20(21)26-24(25-27(29)30-16-31-28(25)34(26)3)18-12-14-19(15-13-18)36-23-11-7-8-17(2)32-23/h4-16H,1H2,2-3H3,(H,33,35)(H2,29,30,31). The molecular weight excluding hydrogens is 452 g/mol. The van der Waals surface area contributed by atoms with Gasteiger partial charge in [0.05, 0.1) is 16.8 Å². The van der Waals surface area contributed by atoms with Crippen molar-refractivity contribution in [3.8, 4) is 34.0 Å². The van der Waals surface area contributed by atoms with Crippen molar-refractivity contribution in [2.24, 2.45) is 7.05 Å². The highest BCUT2D eigenvalue weighted by molar-refractivity contribution is 6.10. The number of pyridine rings is 1. The van der Waals surface area contributed by atoms with Crippen LogP contribution < -0.4 is 15.8 Å². The number of fused-ring (bicyclic) bond motifs is 1. The van der Waals surface area contributed by atoms with Gasteiger partial charge in [0, 0.05) is 29.9 Å². The summed E-state index contributed by atoms with van der Waals surface area (Å²) < 4.78 is 7.89. The van der Waals surface area contributed by atoms with E-state index >= 15 is 0 Å². The van der Waals surface area contributed by atoms with Crippen LogP contribution in [0.5, 0.6) is 11.6 Å². The molecule has 0 spiro atoms. The molecule has 0 fully saturated rings. The van der Waals surface area contributed by atoms with Crippen LogP contribution >= 0.6 is 0 Å². The van der Waals surface area contributed by atoms with Crippen LogP contribution in [-0.2, 0) is 11.8 Å². The molecule has 0 aliphatic heterocycles. The van der Waals surface area contributed by atoms with Gasteiger partial charge in [-0.2, -0.15) is 0 Å². The van der Waals surface area contributed by atoms with Crippen LogP contribution in [-0.4, -0.2) is 25.4 Å². The zero-order valence-electron chi connectivity index (χ0n) is 19.9. The van der Waals surface area contributed by atoms with Crippen molar-refractivity contribution in [2.45, 2.75) is 6.92 Å². The summed E-state index contributed by atoms with van der Waals surface area (Å²) in [6.45, 7) is 5.48. The highest BCUT2D eigenvalue weighted by atomic mass is 16.5. The average molecular weight is 477 g/mol. The number of carbonyl (C=O) groups excluding carboxylic acids is 1. The van der Waals surface area contributed by atoms with Crippen LogP contribution in [0.3, 0.4) is 0 Å². The van der Waals surface area contributed by atoms with Crippen molar-refractivity contribution < 1.29 is 9.53 Å². The molecule has 0 bridgehead atoms. The normalized spacial score (nSPS) is 10.8. The molecular formula is C28H24N6O2. The van der Waals surface area contributed by atoms with E-state index in [1.54, 1.807) is 0 Å².